The molecule has 0 N–H and O–H groups in total. The molecule has 0 atom stereocenters. The number of benzene rings is 1. The fourth-order valence-corrected chi connectivity index (χ4v) is 4.02. The first kappa shape index (κ1) is 17.5. The predicted octanol–water partition coefficient (Wildman–Crippen LogP) is 3.22. The van der Waals surface area contributed by atoms with Gasteiger partial charge in [0.2, 0.25) is 17.6 Å². The first-order chi connectivity index (χ1) is 12.7. The fraction of sp³-hybridized carbons (Fsp3) is 0.526. The summed E-state index contributed by atoms with van der Waals surface area (Å²) in [5, 5.41) is 4.66. The van der Waals surface area contributed by atoms with Crippen molar-refractivity contribution in [2.45, 2.75) is 32.2 Å². The molecule has 3 heterocycles. The lowest BCUT2D eigenvalue weighted by molar-refractivity contribution is -0.136. The van der Waals surface area contributed by atoms with Gasteiger partial charge in [0.15, 0.2) is 0 Å². The average Bonchev–Trinajstić information content (AvgIpc) is 3.34. The van der Waals surface area contributed by atoms with E-state index in [4.69, 9.17) is 16.1 Å². The minimum absolute atomic E-state index is 0.172. The lowest BCUT2D eigenvalue weighted by atomic mass is 9.95. The van der Waals surface area contributed by atoms with Crippen molar-refractivity contribution in [3.8, 4) is 11.4 Å². The summed E-state index contributed by atoms with van der Waals surface area (Å²) >= 11 is 6.19. The molecule has 0 saturated carbocycles. The Morgan fingerprint density at radius 1 is 1.15 bits per heavy atom. The Morgan fingerprint density at radius 2 is 1.88 bits per heavy atom. The second-order valence-electron chi connectivity index (χ2n) is 7.07. The van der Waals surface area contributed by atoms with E-state index < -0.39 is 0 Å². The average molecular weight is 375 g/mol. The zero-order chi connectivity index (χ0) is 17.9. The smallest absolute Gasteiger partial charge is 0.241 e. The van der Waals surface area contributed by atoms with Crippen molar-refractivity contribution in [1.82, 2.24) is 19.9 Å². The van der Waals surface area contributed by atoms with Crippen LogP contribution in [0.5, 0.6) is 0 Å². The number of halogens is 1. The summed E-state index contributed by atoms with van der Waals surface area (Å²) in [4.78, 5) is 21.3. The molecule has 2 fully saturated rings. The van der Waals surface area contributed by atoms with Crippen LogP contribution in [0.4, 0.5) is 0 Å². The van der Waals surface area contributed by atoms with Gasteiger partial charge in [0.1, 0.15) is 0 Å². The third-order valence-corrected chi connectivity index (χ3v) is 5.63. The van der Waals surface area contributed by atoms with Crippen LogP contribution in [0.3, 0.4) is 0 Å². The first-order valence-corrected chi connectivity index (χ1v) is 9.67. The summed E-state index contributed by atoms with van der Waals surface area (Å²) in [5.74, 6) is 1.63. The van der Waals surface area contributed by atoms with Crippen LogP contribution in [0.1, 0.15) is 31.6 Å². The molecule has 1 aromatic heterocycles. The standard InChI is InChI=1S/C19H23ClN4O2/c20-16-6-2-1-5-15(16)18-21-17(26-22-18)13-23-11-7-14(8-12-23)19(25)24-9-3-4-10-24/h1-2,5-6,14H,3-4,7-13H2. The van der Waals surface area contributed by atoms with Crippen LogP contribution in [0.2, 0.25) is 5.02 Å². The van der Waals surface area contributed by atoms with E-state index in [2.05, 4.69) is 15.0 Å². The van der Waals surface area contributed by atoms with Gasteiger partial charge >= 0.3 is 0 Å². The van der Waals surface area contributed by atoms with Crippen molar-refractivity contribution in [3.63, 3.8) is 0 Å². The zero-order valence-corrected chi connectivity index (χ0v) is 15.5. The number of aromatic nitrogens is 2. The highest BCUT2D eigenvalue weighted by atomic mass is 35.5. The largest absolute Gasteiger partial charge is 0.342 e. The molecule has 1 amide bonds. The van der Waals surface area contributed by atoms with Crippen molar-refractivity contribution in [2.75, 3.05) is 26.2 Å². The molecule has 0 unspecified atom stereocenters. The molecule has 26 heavy (non-hydrogen) atoms. The third kappa shape index (κ3) is 3.76. The molecule has 0 bridgehead atoms. The summed E-state index contributed by atoms with van der Waals surface area (Å²) < 4.78 is 5.40. The van der Waals surface area contributed by atoms with Crippen molar-refractivity contribution >= 4 is 17.5 Å². The summed E-state index contributed by atoms with van der Waals surface area (Å²) in [5.41, 5.74) is 0.777. The van der Waals surface area contributed by atoms with Crippen LogP contribution in [0.25, 0.3) is 11.4 Å². The van der Waals surface area contributed by atoms with Crippen molar-refractivity contribution in [3.05, 3.63) is 35.2 Å². The molecule has 0 spiro atoms. The Labute approximate surface area is 158 Å². The van der Waals surface area contributed by atoms with E-state index >= 15 is 0 Å². The van der Waals surface area contributed by atoms with E-state index in [1.165, 1.54) is 0 Å². The van der Waals surface area contributed by atoms with Gasteiger partial charge in [-0.05, 0) is 50.9 Å². The summed E-state index contributed by atoms with van der Waals surface area (Å²) in [6, 6.07) is 7.47. The molecule has 2 saturated heterocycles. The minimum Gasteiger partial charge on any atom is -0.342 e. The van der Waals surface area contributed by atoms with Gasteiger partial charge in [-0.1, -0.05) is 28.9 Å². The molecule has 2 aliphatic heterocycles. The van der Waals surface area contributed by atoms with Crippen LogP contribution in [-0.2, 0) is 11.3 Å². The van der Waals surface area contributed by atoms with Gasteiger partial charge in [-0.3, -0.25) is 9.69 Å². The highest BCUT2D eigenvalue weighted by Crippen LogP contribution is 2.26. The van der Waals surface area contributed by atoms with Crippen LogP contribution in [0.15, 0.2) is 28.8 Å². The topological polar surface area (TPSA) is 62.5 Å². The number of hydrogen-bond donors (Lipinski definition) is 0. The van der Waals surface area contributed by atoms with Crippen LogP contribution in [0, 0.1) is 5.92 Å². The molecule has 138 valence electrons. The molecule has 1 aromatic carbocycles. The van der Waals surface area contributed by atoms with E-state index in [0.717, 1.165) is 57.4 Å². The van der Waals surface area contributed by atoms with Crippen molar-refractivity contribution in [2.24, 2.45) is 5.92 Å². The molecule has 4 rings (SSSR count). The Kier molecular flexibility index (Phi) is 5.22. The van der Waals surface area contributed by atoms with Gasteiger partial charge in [-0.25, -0.2) is 0 Å². The number of amides is 1. The maximum absolute atomic E-state index is 12.5. The normalized spacial score (nSPS) is 19.2. The monoisotopic (exact) mass is 374 g/mol. The van der Waals surface area contributed by atoms with E-state index in [0.29, 0.717) is 29.2 Å². The van der Waals surface area contributed by atoms with Gasteiger partial charge in [-0.2, -0.15) is 4.98 Å². The maximum atomic E-state index is 12.5. The van der Waals surface area contributed by atoms with Crippen LogP contribution >= 0.6 is 11.6 Å². The summed E-state index contributed by atoms with van der Waals surface area (Å²) in [6.45, 7) is 4.25. The lowest BCUT2D eigenvalue weighted by Crippen LogP contribution is -2.41. The number of nitrogens with zero attached hydrogens (tertiary/aromatic N) is 4. The maximum Gasteiger partial charge on any atom is 0.241 e. The predicted molar refractivity (Wildman–Crippen MR) is 98.6 cm³/mol. The molecule has 0 radical (unpaired) electrons. The Bertz CT molecular complexity index is 764. The second-order valence-corrected chi connectivity index (χ2v) is 7.48. The van der Waals surface area contributed by atoms with E-state index in [1.54, 1.807) is 0 Å². The Morgan fingerprint density at radius 3 is 2.62 bits per heavy atom. The number of piperidine rings is 1. The van der Waals surface area contributed by atoms with Gasteiger partial charge in [0.05, 0.1) is 11.6 Å². The minimum atomic E-state index is 0.172. The molecule has 6 nitrogen and oxygen atoms in total. The highest BCUT2D eigenvalue weighted by molar-refractivity contribution is 6.33. The van der Waals surface area contributed by atoms with Gasteiger partial charge in [0, 0.05) is 24.6 Å². The quantitative estimate of drug-likeness (QED) is 0.822. The summed E-state index contributed by atoms with van der Waals surface area (Å²) in [7, 11) is 0. The Hall–Kier alpha value is -1.92. The van der Waals surface area contributed by atoms with Crippen molar-refractivity contribution < 1.29 is 9.32 Å². The lowest BCUT2D eigenvalue weighted by Gasteiger charge is -2.32. The van der Waals surface area contributed by atoms with E-state index in [-0.39, 0.29) is 5.92 Å². The van der Waals surface area contributed by atoms with Gasteiger partial charge in [-0.15, -0.1) is 0 Å². The van der Waals surface area contributed by atoms with Gasteiger partial charge in [0.25, 0.3) is 0 Å². The zero-order valence-electron chi connectivity index (χ0n) is 14.7. The highest BCUT2D eigenvalue weighted by Gasteiger charge is 2.30. The number of rotatable bonds is 4. The summed E-state index contributed by atoms with van der Waals surface area (Å²) in [6.07, 6.45) is 4.10. The molecular weight excluding hydrogens is 352 g/mol. The SMILES string of the molecule is O=C(C1CCN(Cc2nc(-c3ccccc3Cl)no2)CC1)N1CCCC1. The fourth-order valence-electron chi connectivity index (χ4n) is 3.80. The molecule has 2 aliphatic rings. The van der Waals surface area contributed by atoms with Crippen molar-refractivity contribution in [1.29, 1.82) is 0 Å². The second kappa shape index (κ2) is 7.76. The molecule has 7 heteroatoms. The third-order valence-electron chi connectivity index (χ3n) is 5.30. The number of likely N-dealkylation sites (tertiary alicyclic amines) is 2. The molecule has 0 aliphatic carbocycles. The Balaban J connectivity index is 1.32. The first-order valence-electron chi connectivity index (χ1n) is 9.29. The number of carbonyl (C=O) groups is 1. The van der Waals surface area contributed by atoms with E-state index in [1.807, 2.05) is 29.2 Å². The van der Waals surface area contributed by atoms with E-state index in [9.17, 15) is 4.79 Å². The van der Waals surface area contributed by atoms with Crippen LogP contribution < -0.4 is 0 Å². The molecule has 2 aromatic rings. The number of hydrogen-bond acceptors (Lipinski definition) is 5. The molecular formula is C19H23ClN4O2. The number of carbonyl (C=O) groups excluding carboxylic acids is 1. The van der Waals surface area contributed by atoms with Crippen LogP contribution in [-0.4, -0.2) is 52.0 Å². The van der Waals surface area contributed by atoms with Gasteiger partial charge < -0.3 is 9.42 Å².